The van der Waals surface area contributed by atoms with Gasteiger partial charge in [0.25, 0.3) is 0 Å². The van der Waals surface area contributed by atoms with Crippen molar-refractivity contribution in [2.24, 2.45) is 0 Å². The van der Waals surface area contributed by atoms with Gasteiger partial charge in [0.2, 0.25) is 5.91 Å². The first kappa shape index (κ1) is 10.9. The minimum Gasteiger partial charge on any atom is -0.333 e. The fourth-order valence-electron chi connectivity index (χ4n) is 2.45. The fraction of sp³-hybridized carbons (Fsp3) is 0.917. The van der Waals surface area contributed by atoms with Crippen LogP contribution >= 0.6 is 0 Å². The summed E-state index contributed by atoms with van der Waals surface area (Å²) < 4.78 is 0. The van der Waals surface area contributed by atoms with Crippen LogP contribution in [-0.2, 0) is 4.79 Å². The molecule has 1 saturated heterocycles. The van der Waals surface area contributed by atoms with E-state index in [1.165, 1.54) is 12.8 Å². The van der Waals surface area contributed by atoms with E-state index in [0.29, 0.717) is 6.04 Å². The van der Waals surface area contributed by atoms with E-state index in [0.717, 1.165) is 13.0 Å². The summed E-state index contributed by atoms with van der Waals surface area (Å²) >= 11 is 0. The molecule has 2 fully saturated rings. The standard InChI is InChI=1S/C12H22N2O/c1-11(2)7-8-13-12(3,4)10(15)14(11)9-5-6-9/h9,13H,5-8H2,1-4H3. The summed E-state index contributed by atoms with van der Waals surface area (Å²) in [4.78, 5) is 14.6. The summed E-state index contributed by atoms with van der Waals surface area (Å²) in [6.07, 6.45) is 3.41. The van der Waals surface area contributed by atoms with Crippen LogP contribution in [0.4, 0.5) is 0 Å². The highest BCUT2D eigenvalue weighted by atomic mass is 16.2. The predicted octanol–water partition coefficient (Wildman–Crippen LogP) is 1.53. The topological polar surface area (TPSA) is 32.3 Å². The number of carbonyl (C=O) groups excluding carboxylic acids is 1. The van der Waals surface area contributed by atoms with Crippen molar-refractivity contribution in [2.75, 3.05) is 6.54 Å². The van der Waals surface area contributed by atoms with Crippen LogP contribution in [0.15, 0.2) is 0 Å². The molecule has 0 atom stereocenters. The molecule has 0 unspecified atom stereocenters. The molecule has 1 aliphatic carbocycles. The van der Waals surface area contributed by atoms with Gasteiger partial charge in [0, 0.05) is 11.6 Å². The molecule has 1 saturated carbocycles. The average Bonchev–Trinajstić information content (AvgIpc) is 2.85. The smallest absolute Gasteiger partial charge is 0.242 e. The zero-order valence-corrected chi connectivity index (χ0v) is 10.3. The van der Waals surface area contributed by atoms with Gasteiger partial charge in [0.15, 0.2) is 0 Å². The van der Waals surface area contributed by atoms with E-state index in [2.05, 4.69) is 24.1 Å². The van der Waals surface area contributed by atoms with Crippen molar-refractivity contribution >= 4 is 5.91 Å². The largest absolute Gasteiger partial charge is 0.333 e. The lowest BCUT2D eigenvalue weighted by Gasteiger charge is -2.39. The minimum absolute atomic E-state index is 0.0129. The van der Waals surface area contributed by atoms with E-state index in [9.17, 15) is 4.79 Å². The number of carbonyl (C=O) groups is 1. The second-order valence-corrected chi connectivity index (χ2v) is 6.02. The van der Waals surface area contributed by atoms with Crippen molar-refractivity contribution in [2.45, 2.75) is 64.1 Å². The highest BCUT2D eigenvalue weighted by molar-refractivity contribution is 5.87. The molecule has 1 heterocycles. The summed E-state index contributed by atoms with van der Waals surface area (Å²) in [5.74, 6) is 0.271. The normalized spacial score (nSPS) is 30.1. The van der Waals surface area contributed by atoms with Gasteiger partial charge < -0.3 is 10.2 Å². The second kappa shape index (κ2) is 3.21. The van der Waals surface area contributed by atoms with Gasteiger partial charge in [0.1, 0.15) is 0 Å². The van der Waals surface area contributed by atoms with Gasteiger partial charge in [-0.3, -0.25) is 4.79 Å². The third-order valence-corrected chi connectivity index (χ3v) is 3.62. The summed E-state index contributed by atoms with van der Waals surface area (Å²) in [7, 11) is 0. The van der Waals surface area contributed by atoms with Crippen LogP contribution in [0.25, 0.3) is 0 Å². The molecular weight excluding hydrogens is 188 g/mol. The Labute approximate surface area is 92.2 Å². The Bertz CT molecular complexity index is 279. The van der Waals surface area contributed by atoms with Gasteiger partial charge in [-0.05, 0) is 53.5 Å². The molecule has 0 spiro atoms. The summed E-state index contributed by atoms with van der Waals surface area (Å²) in [6.45, 7) is 9.28. The molecule has 2 rings (SSSR count). The molecule has 15 heavy (non-hydrogen) atoms. The van der Waals surface area contributed by atoms with Crippen LogP contribution in [0.3, 0.4) is 0 Å². The Morgan fingerprint density at radius 1 is 1.27 bits per heavy atom. The van der Waals surface area contributed by atoms with E-state index >= 15 is 0 Å². The molecule has 86 valence electrons. The maximum Gasteiger partial charge on any atom is 0.242 e. The molecule has 0 aromatic rings. The van der Waals surface area contributed by atoms with Gasteiger partial charge in [-0.15, -0.1) is 0 Å². The molecule has 0 bridgehead atoms. The second-order valence-electron chi connectivity index (χ2n) is 6.02. The monoisotopic (exact) mass is 210 g/mol. The highest BCUT2D eigenvalue weighted by Crippen LogP contribution is 2.37. The highest BCUT2D eigenvalue weighted by Gasteiger charge is 2.47. The van der Waals surface area contributed by atoms with Crippen molar-refractivity contribution in [1.82, 2.24) is 10.2 Å². The molecule has 0 radical (unpaired) electrons. The van der Waals surface area contributed by atoms with Crippen molar-refractivity contribution in [3.05, 3.63) is 0 Å². The van der Waals surface area contributed by atoms with E-state index in [4.69, 9.17) is 0 Å². The molecule has 1 N–H and O–H groups in total. The van der Waals surface area contributed by atoms with Crippen molar-refractivity contribution in [1.29, 1.82) is 0 Å². The van der Waals surface area contributed by atoms with Gasteiger partial charge >= 0.3 is 0 Å². The van der Waals surface area contributed by atoms with Gasteiger partial charge in [-0.1, -0.05) is 0 Å². The van der Waals surface area contributed by atoms with Gasteiger partial charge in [-0.2, -0.15) is 0 Å². The van der Waals surface area contributed by atoms with E-state index in [1.807, 2.05) is 13.8 Å². The number of amides is 1. The Kier molecular flexibility index (Phi) is 2.34. The minimum atomic E-state index is -0.393. The lowest BCUT2D eigenvalue weighted by Crippen LogP contribution is -2.56. The third kappa shape index (κ3) is 1.89. The lowest BCUT2D eigenvalue weighted by atomic mass is 9.96. The molecular formula is C12H22N2O. The maximum atomic E-state index is 12.4. The lowest BCUT2D eigenvalue weighted by molar-refractivity contribution is -0.141. The van der Waals surface area contributed by atoms with E-state index in [1.54, 1.807) is 0 Å². The Hall–Kier alpha value is -0.570. The van der Waals surface area contributed by atoms with Crippen LogP contribution < -0.4 is 5.32 Å². The molecule has 1 aliphatic heterocycles. The Morgan fingerprint density at radius 3 is 2.40 bits per heavy atom. The maximum absolute atomic E-state index is 12.4. The summed E-state index contributed by atoms with van der Waals surface area (Å²) in [5.41, 5.74) is -0.380. The zero-order chi connectivity index (χ0) is 11.3. The Balaban J connectivity index is 2.30. The van der Waals surface area contributed by atoms with Crippen molar-refractivity contribution < 1.29 is 4.79 Å². The summed E-state index contributed by atoms with van der Waals surface area (Å²) in [5, 5.41) is 3.35. The molecule has 3 heteroatoms. The first-order valence-electron chi connectivity index (χ1n) is 5.93. The first-order valence-corrected chi connectivity index (χ1v) is 5.93. The quantitative estimate of drug-likeness (QED) is 0.712. The molecule has 3 nitrogen and oxygen atoms in total. The van der Waals surface area contributed by atoms with Crippen molar-refractivity contribution in [3.63, 3.8) is 0 Å². The van der Waals surface area contributed by atoms with E-state index < -0.39 is 5.54 Å². The number of nitrogens with zero attached hydrogens (tertiary/aromatic N) is 1. The van der Waals surface area contributed by atoms with Crippen LogP contribution in [0.2, 0.25) is 0 Å². The molecule has 1 amide bonds. The third-order valence-electron chi connectivity index (χ3n) is 3.62. The number of nitrogens with one attached hydrogen (secondary N) is 1. The molecule has 2 aliphatic rings. The van der Waals surface area contributed by atoms with Crippen molar-refractivity contribution in [3.8, 4) is 0 Å². The van der Waals surface area contributed by atoms with E-state index in [-0.39, 0.29) is 11.4 Å². The number of hydrogen-bond acceptors (Lipinski definition) is 2. The van der Waals surface area contributed by atoms with Gasteiger partial charge in [-0.25, -0.2) is 0 Å². The summed E-state index contributed by atoms with van der Waals surface area (Å²) in [6, 6.07) is 0.506. The van der Waals surface area contributed by atoms with Crippen LogP contribution in [0.1, 0.15) is 47.0 Å². The Morgan fingerprint density at radius 2 is 1.87 bits per heavy atom. The fourth-order valence-corrected chi connectivity index (χ4v) is 2.45. The van der Waals surface area contributed by atoms with Gasteiger partial charge in [0.05, 0.1) is 5.54 Å². The SMILES string of the molecule is CC1(C)NCCC(C)(C)N(C2CC2)C1=O. The van der Waals surface area contributed by atoms with Crippen LogP contribution in [0, 0.1) is 0 Å². The zero-order valence-electron chi connectivity index (χ0n) is 10.3. The molecule has 0 aromatic carbocycles. The van der Waals surface area contributed by atoms with Crippen LogP contribution in [-0.4, -0.2) is 34.5 Å². The molecule has 0 aromatic heterocycles. The average molecular weight is 210 g/mol. The number of rotatable bonds is 1. The predicted molar refractivity (Wildman–Crippen MR) is 60.6 cm³/mol. The first-order chi connectivity index (χ1) is 6.84. The number of hydrogen-bond donors (Lipinski definition) is 1. The van der Waals surface area contributed by atoms with Crippen LogP contribution in [0.5, 0.6) is 0 Å².